The van der Waals surface area contributed by atoms with E-state index in [4.69, 9.17) is 4.84 Å². The Hall–Kier alpha value is -1.28. The van der Waals surface area contributed by atoms with Crippen LogP contribution in [0.4, 0.5) is 5.69 Å². The van der Waals surface area contributed by atoms with E-state index >= 15 is 0 Å². The molecule has 1 unspecified atom stereocenters. The molecule has 0 aromatic heterocycles. The van der Waals surface area contributed by atoms with Crippen LogP contribution in [0.5, 0.6) is 0 Å². The lowest BCUT2D eigenvalue weighted by atomic mass is 10.0. The van der Waals surface area contributed by atoms with Crippen LogP contribution in [-0.4, -0.2) is 12.6 Å². The maximum atomic E-state index is 5.69. The van der Waals surface area contributed by atoms with Crippen molar-refractivity contribution in [2.75, 3.05) is 11.7 Å². The lowest BCUT2D eigenvalue weighted by molar-refractivity contribution is 0.105. The zero-order valence-electron chi connectivity index (χ0n) is 9.31. The Labute approximate surface area is 91.1 Å². The zero-order chi connectivity index (χ0) is 10.7. The van der Waals surface area contributed by atoms with Crippen molar-refractivity contribution in [3.8, 4) is 0 Å². The van der Waals surface area contributed by atoms with Gasteiger partial charge in [0.05, 0.1) is 18.3 Å². The Bertz CT molecular complexity index is 359. The fourth-order valence-electron chi connectivity index (χ4n) is 1.91. The van der Waals surface area contributed by atoms with Gasteiger partial charge in [-0.25, -0.2) is 5.06 Å². The molecule has 0 saturated carbocycles. The molecule has 0 saturated heterocycles. The lowest BCUT2D eigenvalue weighted by Crippen LogP contribution is -2.35. The van der Waals surface area contributed by atoms with E-state index in [1.165, 1.54) is 11.3 Å². The molecular weight excluding hydrogens is 186 g/mol. The van der Waals surface area contributed by atoms with Crippen LogP contribution < -0.4 is 5.06 Å². The number of hydroxylamine groups is 1. The average molecular weight is 203 g/mol. The molecule has 2 rings (SSSR count). The third kappa shape index (κ3) is 1.90. The topological polar surface area (TPSA) is 12.5 Å². The molecule has 0 N–H and O–H groups in total. The summed E-state index contributed by atoms with van der Waals surface area (Å²) in [6, 6.07) is 8.69. The highest BCUT2D eigenvalue weighted by Gasteiger charge is 2.20. The molecule has 1 aromatic carbocycles. The molecule has 1 aliphatic heterocycles. The van der Waals surface area contributed by atoms with E-state index in [1.54, 1.807) is 0 Å². The van der Waals surface area contributed by atoms with Gasteiger partial charge in [-0.2, -0.15) is 0 Å². The molecule has 2 heteroatoms. The molecule has 1 aromatic rings. The Morgan fingerprint density at radius 1 is 1.27 bits per heavy atom. The third-order valence-corrected chi connectivity index (χ3v) is 2.66. The maximum absolute atomic E-state index is 5.69. The molecule has 0 spiro atoms. The van der Waals surface area contributed by atoms with Gasteiger partial charge in [-0.05, 0) is 25.0 Å². The number of fused-ring (bicyclic) bond motifs is 1. The van der Waals surface area contributed by atoms with Crippen LogP contribution in [0.3, 0.4) is 0 Å². The zero-order valence-corrected chi connectivity index (χ0v) is 9.31. The average Bonchev–Trinajstić information content (AvgIpc) is 2.30. The summed E-state index contributed by atoms with van der Waals surface area (Å²) in [7, 11) is 0. The Morgan fingerprint density at radius 2 is 2.07 bits per heavy atom. The van der Waals surface area contributed by atoms with E-state index in [9.17, 15) is 0 Å². The van der Waals surface area contributed by atoms with Crippen LogP contribution in [0.25, 0.3) is 6.08 Å². The first-order valence-electron chi connectivity index (χ1n) is 5.56. The Kier molecular flexibility index (Phi) is 3.07. The number of hydrogen-bond acceptors (Lipinski definition) is 2. The van der Waals surface area contributed by atoms with Crippen LogP contribution in [0.15, 0.2) is 30.3 Å². The van der Waals surface area contributed by atoms with Gasteiger partial charge < -0.3 is 0 Å². The van der Waals surface area contributed by atoms with Gasteiger partial charge in [0.15, 0.2) is 0 Å². The fourth-order valence-corrected chi connectivity index (χ4v) is 1.91. The summed E-state index contributed by atoms with van der Waals surface area (Å²) < 4.78 is 0. The molecule has 1 atom stereocenters. The largest absolute Gasteiger partial charge is 0.273 e. The second-order valence-corrected chi connectivity index (χ2v) is 3.64. The van der Waals surface area contributed by atoms with Gasteiger partial charge in [0.25, 0.3) is 0 Å². The van der Waals surface area contributed by atoms with E-state index in [0.717, 1.165) is 6.42 Å². The number of hydrogen-bond donors (Lipinski definition) is 0. The number of anilines is 1. The molecule has 80 valence electrons. The summed E-state index contributed by atoms with van der Waals surface area (Å²) >= 11 is 0. The quantitative estimate of drug-likeness (QED) is 0.747. The SMILES string of the molecule is CCON1c2ccccc2C=CC1CC. The summed E-state index contributed by atoms with van der Waals surface area (Å²) in [5.74, 6) is 0. The van der Waals surface area contributed by atoms with E-state index in [-0.39, 0.29) is 0 Å². The summed E-state index contributed by atoms with van der Waals surface area (Å²) in [6.07, 6.45) is 5.45. The van der Waals surface area contributed by atoms with Gasteiger partial charge in [-0.15, -0.1) is 0 Å². The van der Waals surface area contributed by atoms with Gasteiger partial charge in [0.2, 0.25) is 0 Å². The van der Waals surface area contributed by atoms with Crippen molar-refractivity contribution >= 4 is 11.8 Å². The van der Waals surface area contributed by atoms with Gasteiger partial charge in [-0.1, -0.05) is 37.3 Å². The number of nitrogens with zero attached hydrogens (tertiary/aromatic N) is 1. The van der Waals surface area contributed by atoms with Crippen molar-refractivity contribution in [2.45, 2.75) is 26.3 Å². The van der Waals surface area contributed by atoms with Crippen LogP contribution in [0.1, 0.15) is 25.8 Å². The minimum absolute atomic E-state index is 0.361. The van der Waals surface area contributed by atoms with Crippen molar-refractivity contribution < 1.29 is 4.84 Å². The smallest absolute Gasteiger partial charge is 0.0747 e. The van der Waals surface area contributed by atoms with Crippen LogP contribution in [0, 0.1) is 0 Å². The van der Waals surface area contributed by atoms with Crippen molar-refractivity contribution in [3.63, 3.8) is 0 Å². The van der Waals surface area contributed by atoms with Crippen molar-refractivity contribution in [2.24, 2.45) is 0 Å². The molecule has 1 aliphatic rings. The maximum Gasteiger partial charge on any atom is 0.0747 e. The Balaban J connectivity index is 2.35. The first-order valence-corrected chi connectivity index (χ1v) is 5.56. The van der Waals surface area contributed by atoms with Crippen LogP contribution >= 0.6 is 0 Å². The first-order chi connectivity index (χ1) is 7.36. The van der Waals surface area contributed by atoms with Crippen molar-refractivity contribution in [1.82, 2.24) is 0 Å². The first kappa shape index (κ1) is 10.2. The molecule has 15 heavy (non-hydrogen) atoms. The van der Waals surface area contributed by atoms with Crippen molar-refractivity contribution in [3.05, 3.63) is 35.9 Å². The predicted octanol–water partition coefficient (Wildman–Crippen LogP) is 3.25. The molecule has 0 aliphatic carbocycles. The molecule has 0 bridgehead atoms. The monoisotopic (exact) mass is 203 g/mol. The van der Waals surface area contributed by atoms with E-state index < -0.39 is 0 Å². The predicted molar refractivity (Wildman–Crippen MR) is 63.7 cm³/mol. The summed E-state index contributed by atoms with van der Waals surface area (Å²) in [6.45, 7) is 4.90. The Morgan fingerprint density at radius 3 is 2.80 bits per heavy atom. The summed E-state index contributed by atoms with van der Waals surface area (Å²) in [4.78, 5) is 5.69. The van der Waals surface area contributed by atoms with E-state index in [2.05, 4.69) is 43.3 Å². The van der Waals surface area contributed by atoms with E-state index in [1.807, 2.05) is 12.0 Å². The number of para-hydroxylation sites is 1. The normalized spacial score (nSPS) is 19.1. The number of benzene rings is 1. The highest BCUT2D eigenvalue weighted by molar-refractivity contribution is 5.71. The lowest BCUT2D eigenvalue weighted by Gasteiger charge is -2.33. The highest BCUT2D eigenvalue weighted by Crippen LogP contribution is 2.29. The molecule has 2 nitrogen and oxygen atoms in total. The highest BCUT2D eigenvalue weighted by atomic mass is 16.7. The van der Waals surface area contributed by atoms with Crippen molar-refractivity contribution in [1.29, 1.82) is 0 Å². The second kappa shape index (κ2) is 4.49. The van der Waals surface area contributed by atoms with Crippen LogP contribution in [-0.2, 0) is 4.84 Å². The van der Waals surface area contributed by atoms with Gasteiger partial charge in [0, 0.05) is 0 Å². The van der Waals surface area contributed by atoms with Gasteiger partial charge in [0.1, 0.15) is 0 Å². The molecule has 0 radical (unpaired) electrons. The van der Waals surface area contributed by atoms with Gasteiger partial charge >= 0.3 is 0 Å². The van der Waals surface area contributed by atoms with E-state index in [0.29, 0.717) is 12.6 Å². The minimum atomic E-state index is 0.361. The third-order valence-electron chi connectivity index (χ3n) is 2.66. The molecular formula is C13H17NO. The second-order valence-electron chi connectivity index (χ2n) is 3.64. The van der Waals surface area contributed by atoms with Crippen LogP contribution in [0.2, 0.25) is 0 Å². The summed E-state index contributed by atoms with van der Waals surface area (Å²) in [5, 5.41) is 2.02. The molecule has 0 amide bonds. The number of rotatable bonds is 3. The standard InChI is InChI=1S/C13H17NO/c1-3-12-10-9-11-7-5-6-8-13(11)14(12)15-4-2/h5-10,12H,3-4H2,1-2H3. The minimum Gasteiger partial charge on any atom is -0.273 e. The summed E-state index contributed by atoms with van der Waals surface area (Å²) in [5.41, 5.74) is 2.41. The molecule has 1 heterocycles. The van der Waals surface area contributed by atoms with Gasteiger partial charge in [-0.3, -0.25) is 4.84 Å². The molecule has 0 fully saturated rings. The fraction of sp³-hybridized carbons (Fsp3) is 0.385.